The molecule has 0 radical (unpaired) electrons. The largest absolute Gasteiger partial charge is 0.489 e. The number of rotatable bonds is 5. The highest BCUT2D eigenvalue weighted by Gasteiger charge is 2.05. The van der Waals surface area contributed by atoms with Gasteiger partial charge in [-0.3, -0.25) is 0 Å². The Labute approximate surface area is 124 Å². The molecule has 0 spiro atoms. The molecule has 0 aliphatic rings. The molecular formula is C15H18ClN3O. The Morgan fingerprint density at radius 3 is 2.75 bits per heavy atom. The number of nitrogens with zero attached hydrogens (tertiary/aromatic N) is 2. The molecule has 2 aromatic rings. The molecule has 0 aliphatic carbocycles. The molecule has 1 aromatic heterocycles. The third-order valence-electron chi connectivity index (χ3n) is 2.60. The predicted molar refractivity (Wildman–Crippen MR) is 81.3 cm³/mol. The molecule has 1 N–H and O–H groups in total. The molecule has 5 heteroatoms. The Balaban J connectivity index is 2.02. The van der Waals surface area contributed by atoms with Gasteiger partial charge in [0, 0.05) is 11.9 Å². The number of hydrogen-bond acceptors (Lipinski definition) is 4. The smallest absolute Gasteiger partial charge is 0.138 e. The van der Waals surface area contributed by atoms with Gasteiger partial charge in [0.2, 0.25) is 0 Å². The van der Waals surface area contributed by atoms with Crippen molar-refractivity contribution < 1.29 is 4.74 Å². The van der Waals surface area contributed by atoms with Gasteiger partial charge in [-0.1, -0.05) is 11.6 Å². The standard InChI is InChI=1S/C15H18ClN3O/c1-10(2)20-15-5-4-12(8-14(15)16)18-9-13-6-7-17-11(3)19-13/h4-8,10,18H,9H2,1-3H3. The summed E-state index contributed by atoms with van der Waals surface area (Å²) in [6.07, 6.45) is 1.86. The topological polar surface area (TPSA) is 47.0 Å². The van der Waals surface area contributed by atoms with Gasteiger partial charge >= 0.3 is 0 Å². The summed E-state index contributed by atoms with van der Waals surface area (Å²) in [4.78, 5) is 8.41. The summed E-state index contributed by atoms with van der Waals surface area (Å²) < 4.78 is 5.60. The first-order chi connectivity index (χ1) is 9.54. The summed E-state index contributed by atoms with van der Waals surface area (Å²) in [5.41, 5.74) is 1.87. The Morgan fingerprint density at radius 1 is 1.30 bits per heavy atom. The first-order valence-corrected chi connectivity index (χ1v) is 6.91. The second kappa shape index (κ2) is 6.57. The maximum Gasteiger partial charge on any atom is 0.138 e. The third kappa shape index (κ3) is 4.10. The van der Waals surface area contributed by atoms with Gasteiger partial charge in [-0.2, -0.15) is 0 Å². The summed E-state index contributed by atoms with van der Waals surface area (Å²) >= 11 is 6.19. The molecule has 0 amide bonds. The number of halogens is 1. The van der Waals surface area contributed by atoms with Crippen molar-refractivity contribution in [1.82, 2.24) is 9.97 Å². The van der Waals surface area contributed by atoms with Crippen molar-refractivity contribution in [2.24, 2.45) is 0 Å². The van der Waals surface area contributed by atoms with Crippen LogP contribution in [0.3, 0.4) is 0 Å². The lowest BCUT2D eigenvalue weighted by molar-refractivity contribution is 0.242. The fraction of sp³-hybridized carbons (Fsp3) is 0.333. The number of ether oxygens (including phenoxy) is 1. The Kier molecular flexibility index (Phi) is 4.79. The van der Waals surface area contributed by atoms with Gasteiger partial charge in [-0.05, 0) is 45.0 Å². The van der Waals surface area contributed by atoms with Gasteiger partial charge in [-0.25, -0.2) is 9.97 Å². The summed E-state index contributed by atoms with van der Waals surface area (Å²) in [7, 11) is 0. The molecule has 20 heavy (non-hydrogen) atoms. The van der Waals surface area contributed by atoms with E-state index in [1.165, 1.54) is 0 Å². The van der Waals surface area contributed by atoms with Crippen LogP contribution < -0.4 is 10.1 Å². The fourth-order valence-electron chi connectivity index (χ4n) is 1.76. The molecule has 0 atom stereocenters. The SMILES string of the molecule is Cc1nccc(CNc2ccc(OC(C)C)c(Cl)c2)n1. The van der Waals surface area contributed by atoms with Gasteiger partial charge in [0.1, 0.15) is 11.6 Å². The molecule has 0 bridgehead atoms. The first kappa shape index (κ1) is 14.6. The Morgan fingerprint density at radius 2 is 2.10 bits per heavy atom. The quantitative estimate of drug-likeness (QED) is 0.909. The molecule has 0 unspecified atom stereocenters. The molecule has 0 saturated carbocycles. The van der Waals surface area contributed by atoms with E-state index in [1.54, 1.807) is 6.20 Å². The number of aromatic nitrogens is 2. The van der Waals surface area contributed by atoms with E-state index in [2.05, 4.69) is 15.3 Å². The van der Waals surface area contributed by atoms with Crippen molar-refractivity contribution in [3.8, 4) is 5.75 Å². The van der Waals surface area contributed by atoms with Crippen molar-refractivity contribution in [3.63, 3.8) is 0 Å². The Bertz CT molecular complexity index is 587. The van der Waals surface area contributed by atoms with Crippen molar-refractivity contribution in [2.75, 3.05) is 5.32 Å². The van der Waals surface area contributed by atoms with Crippen LogP contribution in [0.25, 0.3) is 0 Å². The lowest BCUT2D eigenvalue weighted by Gasteiger charge is -2.13. The maximum absolute atomic E-state index is 6.19. The maximum atomic E-state index is 6.19. The second-order valence-electron chi connectivity index (χ2n) is 4.76. The van der Waals surface area contributed by atoms with E-state index in [1.807, 2.05) is 45.0 Å². The minimum atomic E-state index is 0.107. The number of nitrogens with one attached hydrogen (secondary N) is 1. The molecule has 0 aliphatic heterocycles. The van der Waals surface area contributed by atoms with Gasteiger partial charge in [-0.15, -0.1) is 0 Å². The molecule has 0 fully saturated rings. The average Bonchev–Trinajstić information content (AvgIpc) is 2.39. The predicted octanol–water partition coefficient (Wildman–Crippen LogP) is 3.84. The van der Waals surface area contributed by atoms with E-state index >= 15 is 0 Å². The summed E-state index contributed by atoms with van der Waals surface area (Å²) in [6, 6.07) is 7.55. The lowest BCUT2D eigenvalue weighted by atomic mass is 10.3. The van der Waals surface area contributed by atoms with Crippen molar-refractivity contribution in [1.29, 1.82) is 0 Å². The van der Waals surface area contributed by atoms with E-state index in [4.69, 9.17) is 16.3 Å². The van der Waals surface area contributed by atoms with Crippen LogP contribution in [-0.4, -0.2) is 16.1 Å². The van der Waals surface area contributed by atoms with Crippen molar-refractivity contribution >= 4 is 17.3 Å². The zero-order valence-corrected chi connectivity index (χ0v) is 12.6. The van der Waals surface area contributed by atoms with E-state index in [9.17, 15) is 0 Å². The zero-order valence-electron chi connectivity index (χ0n) is 11.9. The van der Waals surface area contributed by atoms with Gasteiger partial charge in [0.15, 0.2) is 0 Å². The second-order valence-corrected chi connectivity index (χ2v) is 5.17. The van der Waals surface area contributed by atoms with Crippen LogP contribution in [0.5, 0.6) is 5.75 Å². The molecule has 0 saturated heterocycles. The van der Waals surface area contributed by atoms with Crippen LogP contribution in [0.1, 0.15) is 25.4 Å². The summed E-state index contributed by atoms with van der Waals surface area (Å²) in [5, 5.41) is 3.88. The van der Waals surface area contributed by atoms with Gasteiger partial charge in [0.25, 0.3) is 0 Å². The average molecular weight is 292 g/mol. The van der Waals surface area contributed by atoms with Crippen molar-refractivity contribution in [3.05, 3.63) is 47.0 Å². The van der Waals surface area contributed by atoms with Gasteiger partial charge in [0.05, 0.1) is 23.4 Å². The zero-order chi connectivity index (χ0) is 14.5. The van der Waals surface area contributed by atoms with E-state index in [-0.39, 0.29) is 6.10 Å². The lowest BCUT2D eigenvalue weighted by Crippen LogP contribution is -2.06. The normalized spacial score (nSPS) is 10.7. The van der Waals surface area contributed by atoms with E-state index in [0.29, 0.717) is 17.3 Å². The van der Waals surface area contributed by atoms with Crippen molar-refractivity contribution in [2.45, 2.75) is 33.4 Å². The first-order valence-electron chi connectivity index (χ1n) is 6.53. The van der Waals surface area contributed by atoms with E-state index in [0.717, 1.165) is 17.2 Å². The minimum Gasteiger partial charge on any atom is -0.489 e. The molecule has 2 rings (SSSR count). The minimum absolute atomic E-state index is 0.107. The van der Waals surface area contributed by atoms with Crippen LogP contribution in [0.15, 0.2) is 30.5 Å². The number of hydrogen-bond donors (Lipinski definition) is 1. The summed E-state index contributed by atoms with van der Waals surface area (Å²) in [6.45, 7) is 6.45. The van der Waals surface area contributed by atoms with Crippen LogP contribution >= 0.6 is 11.6 Å². The van der Waals surface area contributed by atoms with Gasteiger partial charge < -0.3 is 10.1 Å². The highest BCUT2D eigenvalue weighted by atomic mass is 35.5. The van der Waals surface area contributed by atoms with Crippen LogP contribution in [0.2, 0.25) is 5.02 Å². The van der Waals surface area contributed by atoms with Crippen LogP contribution in [0.4, 0.5) is 5.69 Å². The molecule has 1 aromatic carbocycles. The number of aryl methyl sites for hydroxylation is 1. The molecule has 1 heterocycles. The number of benzene rings is 1. The highest BCUT2D eigenvalue weighted by Crippen LogP contribution is 2.28. The van der Waals surface area contributed by atoms with Crippen LogP contribution in [-0.2, 0) is 6.54 Å². The summed E-state index contributed by atoms with van der Waals surface area (Å²) in [5.74, 6) is 1.47. The highest BCUT2D eigenvalue weighted by molar-refractivity contribution is 6.32. The van der Waals surface area contributed by atoms with Crippen LogP contribution in [0, 0.1) is 6.92 Å². The fourth-order valence-corrected chi connectivity index (χ4v) is 1.98. The number of anilines is 1. The van der Waals surface area contributed by atoms with E-state index < -0.39 is 0 Å². The Hall–Kier alpha value is -1.81. The molecular weight excluding hydrogens is 274 g/mol. The third-order valence-corrected chi connectivity index (χ3v) is 2.90. The molecule has 4 nitrogen and oxygen atoms in total. The molecule has 106 valence electrons. The monoisotopic (exact) mass is 291 g/mol.